The van der Waals surface area contributed by atoms with Crippen LogP contribution in [0.15, 0.2) is 82.7 Å². The SMILES string of the molecule is CO[C@H]1C[C@@H]2CC[C@@H](C)[C@@](O)(O2)C(=O)C(=O)N2CCCC[C@H]2C(=O)OC([C@H](C)C[C@@H]2CC[C@@H](OCCOCc3cn(CCCCCCCCCCCCCCCCOCCC(=O)NCCCCn4nc(-c5ccc6oc(N)nc6c5)c5c(N)ncnc54)nn3)[C@H](OC)C2)CC(=O)[C@H](C)/C=C(\C)[C@@H](O)[C@@H](OC)C(=O)[C@H](C)C[C@H](C)/C=C/C=C/C=C/1C. The lowest BCUT2D eigenvalue weighted by Crippen LogP contribution is -2.61. The summed E-state index contributed by atoms with van der Waals surface area (Å²) in [5.41, 5.74) is 17.4. The molecule has 7 heterocycles. The van der Waals surface area contributed by atoms with E-state index in [1.165, 1.54) is 82.5 Å². The van der Waals surface area contributed by atoms with Crippen molar-refractivity contribution in [2.45, 2.75) is 309 Å². The molecule has 2 saturated heterocycles. The first-order valence-corrected chi connectivity index (χ1v) is 44.4. The van der Waals surface area contributed by atoms with Crippen LogP contribution in [0.3, 0.4) is 0 Å². The average Bonchev–Trinajstić information content (AvgIpc) is 1.57. The van der Waals surface area contributed by atoms with Gasteiger partial charge >= 0.3 is 5.97 Å². The number of aliphatic hydroxyl groups is 2. The molecule has 9 rings (SSSR count). The number of Topliss-reactive ketones (excluding diaryl/α,β-unsaturated/α-hetero) is 3. The van der Waals surface area contributed by atoms with Crippen LogP contribution in [-0.4, -0.2) is 205 Å². The van der Waals surface area contributed by atoms with Gasteiger partial charge in [0.1, 0.15) is 59.2 Å². The van der Waals surface area contributed by atoms with Crippen molar-refractivity contribution in [1.29, 1.82) is 0 Å². The number of fused-ring (bicyclic) bond motifs is 5. The Bertz CT molecular complexity index is 4170. The van der Waals surface area contributed by atoms with Gasteiger partial charge in [0.25, 0.3) is 17.7 Å². The third-order valence-electron chi connectivity index (χ3n) is 24.6. The second-order valence-electron chi connectivity index (χ2n) is 34.1. The van der Waals surface area contributed by atoms with E-state index in [1.807, 2.05) is 85.8 Å². The highest BCUT2D eigenvalue weighted by molar-refractivity contribution is 6.39. The number of benzene rings is 1. The van der Waals surface area contributed by atoms with Crippen LogP contribution in [0.1, 0.15) is 240 Å². The van der Waals surface area contributed by atoms with Crippen molar-refractivity contribution in [1.82, 2.24) is 49.9 Å². The number of cyclic esters (lactones) is 1. The van der Waals surface area contributed by atoms with Gasteiger partial charge in [-0.15, -0.1) is 5.10 Å². The van der Waals surface area contributed by atoms with E-state index in [4.69, 9.17) is 58.9 Å². The normalized spacial score (nSPS) is 27.4. The molecule has 0 spiro atoms. The van der Waals surface area contributed by atoms with E-state index < -0.39 is 77.8 Å². The number of oxazole rings is 1. The zero-order chi connectivity index (χ0) is 86.1. The fraction of sp³-hybridized carbons (Fsp3) is 0.692. The predicted octanol–water partition coefficient (Wildman–Crippen LogP) is 13.6. The monoisotopic (exact) mass is 1670 g/mol. The number of hydrogen-bond acceptors (Lipinski definition) is 25. The summed E-state index contributed by atoms with van der Waals surface area (Å²) < 4.78 is 57.7. The number of ether oxygens (including phenoxy) is 8. The summed E-state index contributed by atoms with van der Waals surface area (Å²) in [5, 5.41) is 41.1. The quantitative estimate of drug-likeness (QED) is 0.0106. The van der Waals surface area contributed by atoms with Crippen molar-refractivity contribution in [3.8, 4) is 11.3 Å². The van der Waals surface area contributed by atoms with Crippen LogP contribution in [0.5, 0.6) is 0 Å². The molecule has 664 valence electrons. The van der Waals surface area contributed by atoms with Gasteiger partial charge in [-0.1, -0.05) is 153 Å². The highest BCUT2D eigenvalue weighted by Crippen LogP contribution is 2.40. The fourth-order valence-electron chi connectivity index (χ4n) is 17.3. The van der Waals surface area contributed by atoms with Crippen LogP contribution < -0.4 is 16.8 Å². The lowest BCUT2D eigenvalue weighted by atomic mass is 9.78. The number of esters is 1. The number of nitrogens with zero attached hydrogens (tertiary/aromatic N) is 9. The molecule has 4 aromatic heterocycles. The van der Waals surface area contributed by atoms with Crippen LogP contribution in [0.4, 0.5) is 11.8 Å². The Morgan fingerprint density at radius 1 is 0.758 bits per heavy atom. The molecule has 7 N–H and O–H groups in total. The van der Waals surface area contributed by atoms with Gasteiger partial charge in [-0.05, 0) is 151 Å². The third kappa shape index (κ3) is 28.5. The van der Waals surface area contributed by atoms with Crippen LogP contribution in [0, 0.1) is 35.5 Å². The second-order valence-corrected chi connectivity index (χ2v) is 34.1. The predicted molar refractivity (Wildman–Crippen MR) is 458 cm³/mol. The van der Waals surface area contributed by atoms with Crippen LogP contribution >= 0.6 is 0 Å². The maximum absolute atomic E-state index is 14.8. The van der Waals surface area contributed by atoms with Crippen molar-refractivity contribution in [3.05, 3.63) is 84.0 Å². The molecule has 2 bridgehead atoms. The average molecular weight is 1670 g/mol. The Morgan fingerprint density at radius 2 is 1.49 bits per heavy atom. The molecule has 4 aliphatic rings. The minimum atomic E-state index is -2.46. The molecule has 1 unspecified atom stereocenters. The zero-order valence-corrected chi connectivity index (χ0v) is 73.0. The van der Waals surface area contributed by atoms with E-state index in [1.54, 1.807) is 47.1 Å². The zero-order valence-electron chi connectivity index (χ0n) is 73.0. The first-order valence-electron chi connectivity index (χ1n) is 44.4. The van der Waals surface area contributed by atoms with Crippen molar-refractivity contribution in [2.75, 3.05) is 72.3 Å². The van der Waals surface area contributed by atoms with E-state index in [0.29, 0.717) is 150 Å². The Morgan fingerprint density at radius 3 is 2.23 bits per heavy atom. The summed E-state index contributed by atoms with van der Waals surface area (Å²) in [7, 11) is 4.65. The van der Waals surface area contributed by atoms with Gasteiger partial charge in [-0.25, -0.2) is 19.4 Å². The number of rotatable bonds is 38. The van der Waals surface area contributed by atoms with E-state index in [-0.39, 0.29) is 72.8 Å². The van der Waals surface area contributed by atoms with Crippen molar-refractivity contribution in [2.24, 2.45) is 35.5 Å². The minimum Gasteiger partial charge on any atom is -0.460 e. The number of unbranched alkanes of at least 4 members (excludes halogenated alkanes) is 14. The molecule has 0 radical (unpaired) electrons. The molecule has 1 aromatic carbocycles. The third-order valence-corrected chi connectivity index (χ3v) is 24.6. The topological polar surface area (TPSA) is 384 Å². The number of piperidine rings is 1. The number of aliphatic hydroxyl groups excluding tert-OH is 1. The standard InChI is InChI=1S/C91H138N12O17/c1-60-32-24-23-25-33-61(2)76(112-8)55-70-38-35-66(7)91(111,120-70)85(108)88(109)102-44-29-26-34-72(102)89(110)118-77(56-73(104)62(3)51-65(6)83(107)84(114-10)82(106)64(5)50-60)63(4)52-67-36-39-75(78(53-67)113-9)117-49-48-116-58-69-57-101(100-98-69)43-28-21-19-17-15-13-11-12-14-16-18-20-22-31-46-115-47-41-79(105)94-42-27-30-45-103-87-80(86(92)95-59-96-87)81(99-103)68-37-40-74-71(54-68)97-90(93)119-74/h23-25,32-33,37,40,51,54,57,59-60,62-64,66-67,70,72,75-78,83-84,107,111H,11-22,26-31,34-36,38-39,41-50,52-53,55-56,58H2,1-10H3,(H2,93,97)(H,94,105)(H2,92,95,96)/b25-23+,32-24+,61-33+,65-51+/t60-,62-,63-,64-,66-,67+,70+,72+,75-,76+,77?,78-,83-,84+,91-/m1/s1. The summed E-state index contributed by atoms with van der Waals surface area (Å²) >= 11 is 0. The lowest BCUT2D eigenvalue weighted by Gasteiger charge is -2.42. The number of nitrogens with one attached hydrogen (secondary N) is 1. The summed E-state index contributed by atoms with van der Waals surface area (Å²) in [6, 6.07) is 4.47. The number of anilines is 2. The minimum absolute atomic E-state index is 0.000713. The van der Waals surface area contributed by atoms with Gasteiger partial charge in [0.15, 0.2) is 17.0 Å². The molecule has 3 aliphatic heterocycles. The fourth-order valence-corrected chi connectivity index (χ4v) is 17.3. The van der Waals surface area contributed by atoms with Crippen molar-refractivity contribution in [3.63, 3.8) is 0 Å². The second kappa shape index (κ2) is 49.3. The Kier molecular flexibility index (Phi) is 39.4. The molecule has 120 heavy (non-hydrogen) atoms. The smallest absolute Gasteiger partial charge is 0.329 e. The molecule has 3 fully saturated rings. The van der Waals surface area contributed by atoms with Crippen molar-refractivity contribution < 1.29 is 81.3 Å². The first kappa shape index (κ1) is 95.8. The number of methoxy groups -OCH3 is 3. The molecule has 1 aliphatic carbocycles. The van der Waals surface area contributed by atoms with Crippen molar-refractivity contribution >= 4 is 69.1 Å². The molecular weight excluding hydrogens is 1530 g/mol. The number of carbonyl (C=O) groups is 6. The van der Waals surface area contributed by atoms with E-state index in [9.17, 15) is 39.0 Å². The van der Waals surface area contributed by atoms with E-state index in [2.05, 4.69) is 30.6 Å². The number of nitrogens with two attached hydrogens (primary N) is 2. The van der Waals surface area contributed by atoms with Crippen LogP contribution in [-0.2, 0) is 86.4 Å². The van der Waals surface area contributed by atoms with Crippen LogP contribution in [0.25, 0.3) is 33.4 Å². The number of carbonyl (C=O) groups excluding carboxylic acids is 6. The van der Waals surface area contributed by atoms with Gasteiger partial charge in [0, 0.05) is 96.7 Å². The summed E-state index contributed by atoms with van der Waals surface area (Å²) in [4.78, 5) is 98.9. The Balaban J connectivity index is 0.625. The molecule has 2 amide bonds. The molecular formula is C91H138N12O17. The van der Waals surface area contributed by atoms with Gasteiger partial charge < -0.3 is 74.2 Å². The van der Waals surface area contributed by atoms with E-state index in [0.717, 1.165) is 68.3 Å². The largest absolute Gasteiger partial charge is 0.460 e. The number of aryl methyl sites for hydroxylation is 2. The van der Waals surface area contributed by atoms with Gasteiger partial charge in [0.2, 0.25) is 11.7 Å². The highest BCUT2D eigenvalue weighted by Gasteiger charge is 2.53. The Hall–Kier alpha value is -8.00. The van der Waals surface area contributed by atoms with Gasteiger partial charge in [-0.2, -0.15) is 10.1 Å². The maximum atomic E-state index is 14.8. The first-order chi connectivity index (χ1) is 57.9. The Labute approximate surface area is 709 Å². The molecule has 5 aromatic rings. The molecule has 15 atom stereocenters. The number of amides is 2. The lowest BCUT2D eigenvalue weighted by molar-refractivity contribution is -0.265. The number of nitrogen functional groups attached to an aromatic ring is 2. The maximum Gasteiger partial charge on any atom is 0.329 e. The summed E-state index contributed by atoms with van der Waals surface area (Å²) in [5.74, 6) is -7.81. The molecule has 1 saturated carbocycles. The number of allylic oxidation sites excluding steroid dienone is 6. The summed E-state index contributed by atoms with van der Waals surface area (Å²) in [6.07, 6.45) is 34.0. The number of ketones is 3. The highest BCUT2D eigenvalue weighted by atomic mass is 16.6. The van der Waals surface area contributed by atoms with Gasteiger partial charge in [-0.3, -0.25) is 28.7 Å². The van der Waals surface area contributed by atoms with Gasteiger partial charge in [0.05, 0.1) is 62.4 Å². The molecule has 29 nitrogen and oxygen atoms in total. The van der Waals surface area contributed by atoms with E-state index >= 15 is 0 Å². The molecule has 29 heteroatoms. The number of aromatic nitrogens is 8. The summed E-state index contributed by atoms with van der Waals surface area (Å²) in [6.45, 7) is 16.9. The number of hydrogen-bond donors (Lipinski definition) is 5. The van der Waals surface area contributed by atoms with Crippen LogP contribution in [0.2, 0.25) is 0 Å².